The molecule has 2 nitrogen and oxygen atoms in total. The molecule has 0 unspecified atom stereocenters. The van der Waals surface area contributed by atoms with Crippen molar-refractivity contribution in [3.05, 3.63) is 35.4 Å². The van der Waals surface area contributed by atoms with Gasteiger partial charge in [0.2, 0.25) is 0 Å². The summed E-state index contributed by atoms with van der Waals surface area (Å²) in [5.41, 5.74) is 2.84. The minimum absolute atomic E-state index is 0.190. The lowest BCUT2D eigenvalue weighted by molar-refractivity contribution is -0.148. The van der Waals surface area contributed by atoms with Crippen LogP contribution in [0.1, 0.15) is 50.7 Å². The quantitative estimate of drug-likeness (QED) is 0.682. The lowest BCUT2D eigenvalue weighted by Crippen LogP contribution is -2.37. The molecular formula is C15H20O2. The molecule has 4 atom stereocenters. The van der Waals surface area contributed by atoms with E-state index < -0.39 is 5.79 Å². The predicted octanol–water partition coefficient (Wildman–Crippen LogP) is 3.43. The van der Waals surface area contributed by atoms with Crippen LogP contribution in [0.3, 0.4) is 0 Å². The molecule has 92 valence electrons. The highest BCUT2D eigenvalue weighted by molar-refractivity contribution is 5.38. The van der Waals surface area contributed by atoms with E-state index in [1.165, 1.54) is 11.1 Å². The van der Waals surface area contributed by atoms with Crippen molar-refractivity contribution in [1.82, 2.24) is 0 Å². The van der Waals surface area contributed by atoms with Crippen LogP contribution in [0.2, 0.25) is 0 Å². The molecule has 2 aliphatic rings. The van der Waals surface area contributed by atoms with Gasteiger partial charge in [-0.1, -0.05) is 38.1 Å². The van der Waals surface area contributed by atoms with Crippen molar-refractivity contribution in [1.29, 1.82) is 0 Å². The van der Waals surface area contributed by atoms with E-state index in [-0.39, 0.29) is 12.2 Å². The molecule has 0 N–H and O–H groups in total. The summed E-state index contributed by atoms with van der Waals surface area (Å²) in [6.45, 7) is 8.51. The number of benzene rings is 1. The van der Waals surface area contributed by atoms with E-state index >= 15 is 0 Å². The molecule has 3 rings (SSSR count). The molecule has 0 radical (unpaired) electrons. The van der Waals surface area contributed by atoms with Crippen molar-refractivity contribution in [3.63, 3.8) is 0 Å². The predicted molar refractivity (Wildman–Crippen MR) is 67.1 cm³/mol. The highest BCUT2D eigenvalue weighted by Crippen LogP contribution is 2.47. The Balaban J connectivity index is 2.05. The molecule has 0 spiro atoms. The largest absolute Gasteiger partial charge is 0.344 e. The first-order valence-electron chi connectivity index (χ1n) is 6.44. The van der Waals surface area contributed by atoms with E-state index in [4.69, 9.17) is 9.47 Å². The van der Waals surface area contributed by atoms with Crippen molar-refractivity contribution >= 4 is 0 Å². The minimum atomic E-state index is -0.445. The molecule has 1 aliphatic carbocycles. The molecule has 0 saturated carbocycles. The van der Waals surface area contributed by atoms with Crippen LogP contribution in [0.25, 0.3) is 0 Å². The summed E-state index contributed by atoms with van der Waals surface area (Å²) in [4.78, 5) is 0. The fourth-order valence-electron chi connectivity index (χ4n) is 3.28. The molecule has 1 aromatic rings. The monoisotopic (exact) mass is 232 g/mol. The number of fused-ring (bicyclic) bond motifs is 2. The van der Waals surface area contributed by atoms with E-state index in [9.17, 15) is 0 Å². The van der Waals surface area contributed by atoms with E-state index in [1.54, 1.807) is 0 Å². The topological polar surface area (TPSA) is 18.5 Å². The Morgan fingerprint density at radius 1 is 0.882 bits per heavy atom. The molecule has 1 aromatic carbocycles. The zero-order valence-electron chi connectivity index (χ0n) is 10.9. The zero-order chi connectivity index (χ0) is 12.2. The van der Waals surface area contributed by atoms with Crippen LogP contribution in [0, 0.1) is 0 Å². The van der Waals surface area contributed by atoms with Gasteiger partial charge in [0, 0.05) is 11.8 Å². The number of ether oxygens (including phenoxy) is 2. The molecule has 1 aliphatic heterocycles. The zero-order valence-corrected chi connectivity index (χ0v) is 10.9. The Hall–Kier alpha value is -0.860. The maximum absolute atomic E-state index is 6.07. The summed E-state index contributed by atoms with van der Waals surface area (Å²) in [6, 6.07) is 8.68. The van der Waals surface area contributed by atoms with E-state index in [2.05, 4.69) is 38.1 Å². The number of hydrogen-bond donors (Lipinski definition) is 0. The SMILES string of the molecule is C[C@H]1c2ccccc2[C@H](C)[C@H]2OC(C)(C)O[C@@H]21. The van der Waals surface area contributed by atoms with Gasteiger partial charge < -0.3 is 9.47 Å². The first kappa shape index (κ1) is 11.2. The third-order valence-corrected chi connectivity index (χ3v) is 4.13. The summed E-state index contributed by atoms with van der Waals surface area (Å²) in [5, 5.41) is 0. The van der Waals surface area contributed by atoms with Crippen LogP contribution in [-0.4, -0.2) is 18.0 Å². The second-order valence-electron chi connectivity index (χ2n) is 5.77. The second-order valence-corrected chi connectivity index (χ2v) is 5.77. The van der Waals surface area contributed by atoms with Crippen LogP contribution < -0.4 is 0 Å². The number of hydrogen-bond acceptors (Lipinski definition) is 2. The molecule has 0 aromatic heterocycles. The fourth-order valence-corrected chi connectivity index (χ4v) is 3.28. The Morgan fingerprint density at radius 2 is 1.29 bits per heavy atom. The molecule has 17 heavy (non-hydrogen) atoms. The van der Waals surface area contributed by atoms with Crippen molar-refractivity contribution in [2.24, 2.45) is 0 Å². The molecule has 1 heterocycles. The number of rotatable bonds is 0. The highest BCUT2D eigenvalue weighted by atomic mass is 16.8. The first-order chi connectivity index (χ1) is 7.99. The van der Waals surface area contributed by atoms with Crippen molar-refractivity contribution in [2.45, 2.75) is 57.5 Å². The van der Waals surface area contributed by atoms with Gasteiger partial charge in [-0.2, -0.15) is 0 Å². The molecule has 2 heteroatoms. The summed E-state index contributed by atoms with van der Waals surface area (Å²) in [7, 11) is 0. The average Bonchev–Trinajstić information content (AvgIpc) is 2.63. The first-order valence-corrected chi connectivity index (χ1v) is 6.44. The normalized spacial score (nSPS) is 38.6. The molecule has 1 saturated heterocycles. The van der Waals surface area contributed by atoms with Crippen molar-refractivity contribution in [3.8, 4) is 0 Å². The van der Waals surface area contributed by atoms with Crippen LogP contribution in [-0.2, 0) is 9.47 Å². The van der Waals surface area contributed by atoms with Gasteiger partial charge in [0.25, 0.3) is 0 Å². The second kappa shape index (κ2) is 3.56. The van der Waals surface area contributed by atoms with Crippen LogP contribution in [0.5, 0.6) is 0 Å². The summed E-state index contributed by atoms with van der Waals surface area (Å²) in [6.07, 6.45) is 0.379. The van der Waals surface area contributed by atoms with E-state index in [0.29, 0.717) is 11.8 Å². The lowest BCUT2D eigenvalue weighted by Gasteiger charge is -2.35. The molecule has 1 fully saturated rings. The van der Waals surface area contributed by atoms with Gasteiger partial charge in [0.05, 0.1) is 12.2 Å². The Morgan fingerprint density at radius 3 is 1.71 bits per heavy atom. The highest BCUT2D eigenvalue weighted by Gasteiger charge is 2.49. The summed E-state index contributed by atoms with van der Waals surface area (Å²) < 4.78 is 12.1. The smallest absolute Gasteiger partial charge is 0.163 e. The summed E-state index contributed by atoms with van der Waals surface area (Å²) >= 11 is 0. The van der Waals surface area contributed by atoms with Crippen LogP contribution >= 0.6 is 0 Å². The maximum atomic E-state index is 6.07. The van der Waals surface area contributed by atoms with Crippen molar-refractivity contribution < 1.29 is 9.47 Å². The van der Waals surface area contributed by atoms with E-state index in [1.807, 2.05) is 13.8 Å². The van der Waals surface area contributed by atoms with Gasteiger partial charge in [0.15, 0.2) is 5.79 Å². The molecule has 0 amide bonds. The van der Waals surface area contributed by atoms with Gasteiger partial charge in [-0.15, -0.1) is 0 Å². The fraction of sp³-hybridized carbons (Fsp3) is 0.600. The van der Waals surface area contributed by atoms with Crippen molar-refractivity contribution in [2.75, 3.05) is 0 Å². The van der Waals surface area contributed by atoms with Gasteiger partial charge in [-0.3, -0.25) is 0 Å². The third-order valence-electron chi connectivity index (χ3n) is 4.13. The van der Waals surface area contributed by atoms with Gasteiger partial charge in [-0.25, -0.2) is 0 Å². The summed E-state index contributed by atoms with van der Waals surface area (Å²) in [5.74, 6) is 0.378. The Kier molecular flexibility index (Phi) is 2.36. The van der Waals surface area contributed by atoms with Gasteiger partial charge in [-0.05, 0) is 25.0 Å². The van der Waals surface area contributed by atoms with Gasteiger partial charge in [0.1, 0.15) is 0 Å². The molecular weight excluding hydrogens is 212 g/mol. The molecule has 0 bridgehead atoms. The van der Waals surface area contributed by atoms with E-state index in [0.717, 1.165) is 0 Å². The van der Waals surface area contributed by atoms with Crippen LogP contribution in [0.4, 0.5) is 0 Å². The van der Waals surface area contributed by atoms with Gasteiger partial charge >= 0.3 is 0 Å². The lowest BCUT2D eigenvalue weighted by atomic mass is 9.74. The Bertz CT molecular complexity index is 399. The van der Waals surface area contributed by atoms with Crippen LogP contribution in [0.15, 0.2) is 24.3 Å². The third kappa shape index (κ3) is 1.62. The minimum Gasteiger partial charge on any atom is -0.344 e. The standard InChI is InChI=1S/C15H20O2/c1-9-11-7-5-6-8-12(11)10(2)14-13(9)16-15(3,4)17-14/h5-10,13-14H,1-4H3/t9-,10-,13+,14+/m0/s1. The maximum Gasteiger partial charge on any atom is 0.163 e. The Labute approximate surface area is 103 Å². The average molecular weight is 232 g/mol.